The predicted octanol–water partition coefficient (Wildman–Crippen LogP) is 4.60. The molecular formula is C21H23N3O2S. The molecule has 0 aliphatic heterocycles. The van der Waals surface area contributed by atoms with Gasteiger partial charge in [0.1, 0.15) is 17.4 Å². The van der Waals surface area contributed by atoms with Gasteiger partial charge < -0.3 is 10.1 Å². The highest BCUT2D eigenvalue weighted by atomic mass is 32.1. The minimum absolute atomic E-state index is 0.0801. The van der Waals surface area contributed by atoms with Crippen LogP contribution in [-0.2, 0) is 23.2 Å². The highest BCUT2D eigenvalue weighted by Crippen LogP contribution is 2.23. The minimum atomic E-state index is -0.0801. The molecule has 6 heteroatoms. The van der Waals surface area contributed by atoms with E-state index in [1.807, 2.05) is 41.8 Å². The van der Waals surface area contributed by atoms with E-state index < -0.39 is 0 Å². The van der Waals surface area contributed by atoms with E-state index >= 15 is 0 Å². The number of pyridine rings is 1. The summed E-state index contributed by atoms with van der Waals surface area (Å²) in [4.78, 5) is 20.7. The van der Waals surface area contributed by atoms with Crippen LogP contribution in [-0.4, -0.2) is 15.9 Å². The number of carbonyl (C=O) groups excluding carboxylic acids is 1. The van der Waals surface area contributed by atoms with Crippen molar-refractivity contribution in [3.8, 4) is 5.75 Å². The zero-order valence-electron chi connectivity index (χ0n) is 15.7. The average Bonchev–Trinajstić information content (AvgIpc) is 3.08. The van der Waals surface area contributed by atoms with Gasteiger partial charge in [-0.2, -0.15) is 0 Å². The number of amides is 1. The van der Waals surface area contributed by atoms with Gasteiger partial charge in [0.25, 0.3) is 0 Å². The Morgan fingerprint density at radius 3 is 2.63 bits per heavy atom. The Kier molecular flexibility index (Phi) is 5.86. The van der Waals surface area contributed by atoms with Gasteiger partial charge in [-0.05, 0) is 35.2 Å². The molecule has 1 aromatic carbocycles. The summed E-state index contributed by atoms with van der Waals surface area (Å²) in [6.07, 6.45) is 3.60. The molecule has 0 radical (unpaired) electrons. The van der Waals surface area contributed by atoms with Crippen LogP contribution in [0.25, 0.3) is 0 Å². The number of carbonyl (C=O) groups is 1. The van der Waals surface area contributed by atoms with Crippen molar-refractivity contribution in [1.82, 2.24) is 9.97 Å². The van der Waals surface area contributed by atoms with E-state index in [4.69, 9.17) is 4.74 Å². The Hall–Kier alpha value is -2.73. The van der Waals surface area contributed by atoms with Crippen LogP contribution in [0.4, 0.5) is 5.69 Å². The molecular weight excluding hydrogens is 358 g/mol. The first-order valence-corrected chi connectivity index (χ1v) is 9.64. The van der Waals surface area contributed by atoms with Crippen molar-refractivity contribution in [2.45, 2.75) is 39.2 Å². The number of hydrogen-bond donors (Lipinski definition) is 1. The fourth-order valence-corrected chi connectivity index (χ4v) is 3.20. The van der Waals surface area contributed by atoms with Crippen molar-refractivity contribution in [2.75, 3.05) is 5.32 Å². The van der Waals surface area contributed by atoms with Crippen LogP contribution in [0.15, 0.2) is 54.2 Å². The Morgan fingerprint density at radius 1 is 1.19 bits per heavy atom. The third-order valence-electron chi connectivity index (χ3n) is 3.97. The zero-order valence-corrected chi connectivity index (χ0v) is 16.5. The SMILES string of the molecule is CC(C)(C)c1ccc(NC(=O)Cc2csc(COc3cccnc3)n2)cc1. The van der Waals surface area contributed by atoms with Crippen molar-refractivity contribution in [3.63, 3.8) is 0 Å². The Bertz CT molecular complexity index is 884. The summed E-state index contributed by atoms with van der Waals surface area (Å²) in [7, 11) is 0. The third-order valence-corrected chi connectivity index (χ3v) is 4.84. The van der Waals surface area contributed by atoms with Crippen LogP contribution in [0.2, 0.25) is 0 Å². The van der Waals surface area contributed by atoms with E-state index in [1.54, 1.807) is 12.4 Å². The van der Waals surface area contributed by atoms with Crippen molar-refractivity contribution in [2.24, 2.45) is 0 Å². The first kappa shape index (κ1) is 19.0. The predicted molar refractivity (Wildman–Crippen MR) is 108 cm³/mol. The van der Waals surface area contributed by atoms with Crippen LogP contribution in [0.1, 0.15) is 37.0 Å². The van der Waals surface area contributed by atoms with Crippen molar-refractivity contribution >= 4 is 22.9 Å². The normalized spacial score (nSPS) is 11.2. The van der Waals surface area contributed by atoms with Crippen LogP contribution >= 0.6 is 11.3 Å². The van der Waals surface area contributed by atoms with Gasteiger partial charge in [0.2, 0.25) is 5.91 Å². The van der Waals surface area contributed by atoms with Gasteiger partial charge in [0.05, 0.1) is 18.3 Å². The molecule has 2 heterocycles. The van der Waals surface area contributed by atoms with Crippen LogP contribution < -0.4 is 10.1 Å². The largest absolute Gasteiger partial charge is 0.485 e. The lowest BCUT2D eigenvalue weighted by atomic mass is 9.87. The van der Waals surface area contributed by atoms with E-state index in [-0.39, 0.29) is 17.7 Å². The molecule has 0 unspecified atom stereocenters. The van der Waals surface area contributed by atoms with Crippen molar-refractivity contribution in [3.05, 3.63) is 70.4 Å². The summed E-state index contributed by atoms with van der Waals surface area (Å²) in [5.74, 6) is 0.620. The van der Waals surface area contributed by atoms with E-state index in [1.165, 1.54) is 16.9 Å². The number of aromatic nitrogens is 2. The lowest BCUT2D eigenvalue weighted by Gasteiger charge is -2.19. The van der Waals surface area contributed by atoms with Crippen LogP contribution in [0.3, 0.4) is 0 Å². The Morgan fingerprint density at radius 2 is 1.96 bits per heavy atom. The molecule has 0 saturated heterocycles. The standard InChI is InChI=1S/C21H23N3O2S/c1-21(2,3)15-6-8-16(9-7-15)23-19(25)11-17-14-27-20(24-17)13-26-18-5-4-10-22-12-18/h4-10,12,14H,11,13H2,1-3H3,(H,23,25). The summed E-state index contributed by atoms with van der Waals surface area (Å²) < 4.78 is 5.63. The lowest BCUT2D eigenvalue weighted by Crippen LogP contribution is -2.15. The molecule has 0 fully saturated rings. The molecule has 0 aliphatic rings. The van der Waals surface area contributed by atoms with Crippen molar-refractivity contribution in [1.29, 1.82) is 0 Å². The number of rotatable bonds is 6. The van der Waals surface area contributed by atoms with Gasteiger partial charge in [-0.25, -0.2) is 4.98 Å². The Labute approximate surface area is 163 Å². The van der Waals surface area contributed by atoms with Gasteiger partial charge in [-0.1, -0.05) is 32.9 Å². The van der Waals surface area contributed by atoms with Gasteiger partial charge in [-0.3, -0.25) is 9.78 Å². The van der Waals surface area contributed by atoms with Gasteiger partial charge in [0, 0.05) is 17.3 Å². The number of benzene rings is 1. The van der Waals surface area contributed by atoms with Gasteiger partial charge in [-0.15, -0.1) is 11.3 Å². The fourth-order valence-electron chi connectivity index (χ4n) is 2.50. The molecule has 1 N–H and O–H groups in total. The van der Waals surface area contributed by atoms with E-state index in [0.29, 0.717) is 12.4 Å². The third kappa shape index (κ3) is 5.62. The number of thiazole rings is 1. The number of anilines is 1. The summed E-state index contributed by atoms with van der Waals surface area (Å²) in [6.45, 7) is 6.86. The quantitative estimate of drug-likeness (QED) is 0.678. The second-order valence-electron chi connectivity index (χ2n) is 7.26. The zero-order chi connectivity index (χ0) is 19.3. The summed E-state index contributed by atoms with van der Waals surface area (Å²) in [5.41, 5.74) is 2.87. The minimum Gasteiger partial charge on any atom is -0.485 e. The Balaban J connectivity index is 1.52. The molecule has 2 aromatic heterocycles. The fraction of sp³-hybridized carbons (Fsp3) is 0.286. The topological polar surface area (TPSA) is 64.1 Å². The molecule has 0 bridgehead atoms. The summed E-state index contributed by atoms with van der Waals surface area (Å²) >= 11 is 1.49. The van der Waals surface area contributed by atoms with Crippen LogP contribution in [0, 0.1) is 0 Å². The average molecular weight is 382 g/mol. The smallest absolute Gasteiger partial charge is 0.230 e. The molecule has 5 nitrogen and oxygen atoms in total. The van der Waals surface area contributed by atoms with E-state index in [9.17, 15) is 4.79 Å². The highest BCUT2D eigenvalue weighted by molar-refractivity contribution is 7.09. The molecule has 3 rings (SSSR count). The second-order valence-corrected chi connectivity index (χ2v) is 8.20. The number of nitrogens with zero attached hydrogens (tertiary/aromatic N) is 2. The van der Waals surface area contributed by atoms with E-state index in [0.717, 1.165) is 16.4 Å². The monoisotopic (exact) mass is 381 g/mol. The van der Waals surface area contributed by atoms with E-state index in [2.05, 4.69) is 36.1 Å². The maximum atomic E-state index is 12.3. The molecule has 0 saturated carbocycles. The molecule has 0 spiro atoms. The van der Waals surface area contributed by atoms with Gasteiger partial charge in [0.15, 0.2) is 0 Å². The maximum absolute atomic E-state index is 12.3. The number of ether oxygens (including phenoxy) is 1. The second kappa shape index (κ2) is 8.31. The molecule has 3 aromatic rings. The lowest BCUT2D eigenvalue weighted by molar-refractivity contribution is -0.115. The van der Waals surface area contributed by atoms with Crippen LogP contribution in [0.5, 0.6) is 5.75 Å². The number of nitrogens with one attached hydrogen (secondary N) is 1. The maximum Gasteiger partial charge on any atom is 0.230 e. The molecule has 140 valence electrons. The number of hydrogen-bond acceptors (Lipinski definition) is 5. The molecule has 1 amide bonds. The van der Waals surface area contributed by atoms with Crippen molar-refractivity contribution < 1.29 is 9.53 Å². The summed E-state index contributed by atoms with van der Waals surface area (Å²) in [6, 6.07) is 11.6. The van der Waals surface area contributed by atoms with Gasteiger partial charge >= 0.3 is 0 Å². The molecule has 0 atom stereocenters. The first-order chi connectivity index (χ1) is 12.9. The highest BCUT2D eigenvalue weighted by Gasteiger charge is 2.13. The first-order valence-electron chi connectivity index (χ1n) is 8.77. The molecule has 27 heavy (non-hydrogen) atoms. The molecule has 0 aliphatic carbocycles. The summed E-state index contributed by atoms with van der Waals surface area (Å²) in [5, 5.41) is 5.65.